The van der Waals surface area contributed by atoms with Gasteiger partial charge in [0.25, 0.3) is 0 Å². The third kappa shape index (κ3) is 2.92. The molecule has 0 aliphatic carbocycles. The van der Waals surface area contributed by atoms with Gasteiger partial charge in [0, 0.05) is 39.0 Å². The minimum atomic E-state index is -0.489. The van der Waals surface area contributed by atoms with Crippen LogP contribution in [0, 0.1) is 5.41 Å². The maximum absolute atomic E-state index is 12.1. The van der Waals surface area contributed by atoms with Gasteiger partial charge in [-0.1, -0.05) is 0 Å². The second kappa shape index (κ2) is 5.74. The lowest BCUT2D eigenvalue weighted by Gasteiger charge is -2.55. The highest BCUT2D eigenvalue weighted by atomic mass is 16.3. The van der Waals surface area contributed by atoms with Crippen LogP contribution < -0.4 is 4.90 Å². The van der Waals surface area contributed by atoms with Crippen LogP contribution in [-0.4, -0.2) is 57.2 Å². The van der Waals surface area contributed by atoms with Gasteiger partial charge in [-0.15, -0.1) is 0 Å². The van der Waals surface area contributed by atoms with Crippen LogP contribution in [0.15, 0.2) is 18.5 Å². The van der Waals surface area contributed by atoms with Gasteiger partial charge in [0.1, 0.15) is 0 Å². The number of anilines is 1. The zero-order valence-corrected chi connectivity index (χ0v) is 14.2. The van der Waals surface area contributed by atoms with Gasteiger partial charge in [0.05, 0.1) is 11.6 Å². The molecule has 1 unspecified atom stereocenters. The zero-order valence-electron chi connectivity index (χ0n) is 14.2. The molecule has 23 heavy (non-hydrogen) atoms. The Morgan fingerprint density at radius 1 is 1.26 bits per heavy atom. The highest BCUT2D eigenvalue weighted by Gasteiger charge is 2.50. The number of hydrogen-bond acceptors (Lipinski definition) is 5. The Labute approximate surface area is 137 Å². The summed E-state index contributed by atoms with van der Waals surface area (Å²) in [5.41, 5.74) is -0.483. The van der Waals surface area contributed by atoms with Crippen LogP contribution in [0.2, 0.25) is 0 Å². The van der Waals surface area contributed by atoms with Gasteiger partial charge >= 0.3 is 0 Å². The molecule has 2 aliphatic heterocycles. The molecule has 2 fully saturated rings. The molecule has 3 heterocycles. The average molecular weight is 318 g/mol. The zero-order chi connectivity index (χ0) is 16.7. The van der Waals surface area contributed by atoms with Gasteiger partial charge in [-0.05, 0) is 44.6 Å². The molecule has 2 aliphatic rings. The van der Waals surface area contributed by atoms with Gasteiger partial charge < -0.3 is 14.9 Å². The minimum absolute atomic E-state index is 0.00584. The highest BCUT2D eigenvalue weighted by Crippen LogP contribution is 2.45. The summed E-state index contributed by atoms with van der Waals surface area (Å²) in [5, 5.41) is 10.6. The lowest BCUT2D eigenvalue weighted by molar-refractivity contribution is -0.155. The molecular weight excluding hydrogens is 292 g/mol. The van der Waals surface area contributed by atoms with Gasteiger partial charge in [-0.25, -0.2) is 9.97 Å². The first-order valence-corrected chi connectivity index (χ1v) is 8.32. The fraction of sp³-hybridized carbons (Fsp3) is 0.706. The average Bonchev–Trinajstić information content (AvgIpc) is 2.53. The molecule has 0 bridgehead atoms. The molecule has 1 amide bonds. The SMILES string of the molecule is CC(=O)N1CC2(CCN(c3ncccn3)CC2)CC(O)C1(C)C. The Hall–Kier alpha value is -1.69. The molecule has 0 saturated carbocycles. The lowest BCUT2D eigenvalue weighted by atomic mass is 9.67. The van der Waals surface area contributed by atoms with Crippen LogP contribution in [0.25, 0.3) is 0 Å². The summed E-state index contributed by atoms with van der Waals surface area (Å²) in [6, 6.07) is 1.82. The van der Waals surface area contributed by atoms with E-state index < -0.39 is 11.6 Å². The molecule has 6 nitrogen and oxygen atoms in total. The van der Waals surface area contributed by atoms with Crippen molar-refractivity contribution in [2.75, 3.05) is 24.5 Å². The number of aliphatic hydroxyl groups is 1. The molecule has 1 atom stereocenters. The van der Waals surface area contributed by atoms with Gasteiger partial charge in [-0.3, -0.25) is 4.79 Å². The van der Waals surface area contributed by atoms with Gasteiger partial charge in [-0.2, -0.15) is 0 Å². The van der Waals surface area contributed by atoms with E-state index in [-0.39, 0.29) is 11.3 Å². The molecule has 126 valence electrons. The van der Waals surface area contributed by atoms with Crippen molar-refractivity contribution in [3.05, 3.63) is 18.5 Å². The van der Waals surface area contributed by atoms with E-state index in [0.29, 0.717) is 0 Å². The Bertz CT molecular complexity index is 567. The van der Waals surface area contributed by atoms with Crippen LogP contribution in [-0.2, 0) is 4.79 Å². The first-order chi connectivity index (χ1) is 10.8. The minimum Gasteiger partial charge on any atom is -0.391 e. The summed E-state index contributed by atoms with van der Waals surface area (Å²) in [7, 11) is 0. The smallest absolute Gasteiger partial charge is 0.225 e. The summed E-state index contributed by atoms with van der Waals surface area (Å²) in [4.78, 5) is 24.7. The second-order valence-corrected chi connectivity index (χ2v) is 7.51. The first-order valence-electron chi connectivity index (χ1n) is 8.32. The van der Waals surface area contributed by atoms with E-state index in [2.05, 4.69) is 14.9 Å². The van der Waals surface area contributed by atoms with Crippen molar-refractivity contribution in [3.8, 4) is 0 Å². The molecule has 1 aromatic heterocycles. The third-order valence-electron chi connectivity index (χ3n) is 5.67. The Kier molecular flexibility index (Phi) is 4.04. The Balaban J connectivity index is 1.74. The molecule has 6 heteroatoms. The topological polar surface area (TPSA) is 69.6 Å². The van der Waals surface area contributed by atoms with Gasteiger partial charge in [0.15, 0.2) is 0 Å². The van der Waals surface area contributed by atoms with E-state index >= 15 is 0 Å². The fourth-order valence-corrected chi connectivity index (χ4v) is 3.96. The summed E-state index contributed by atoms with van der Waals surface area (Å²) >= 11 is 0. The molecule has 1 N–H and O–H groups in total. The molecular formula is C17H26N4O2. The molecule has 3 rings (SSSR count). The number of likely N-dealkylation sites (tertiary alicyclic amines) is 1. The summed E-state index contributed by atoms with van der Waals surface area (Å²) in [6.45, 7) is 7.97. The number of carbonyl (C=O) groups excluding carboxylic acids is 1. The van der Waals surface area contributed by atoms with Crippen LogP contribution in [0.4, 0.5) is 5.95 Å². The van der Waals surface area contributed by atoms with Crippen LogP contribution in [0.5, 0.6) is 0 Å². The summed E-state index contributed by atoms with van der Waals surface area (Å²) in [5.74, 6) is 0.810. The lowest BCUT2D eigenvalue weighted by Crippen LogP contribution is -2.64. The largest absolute Gasteiger partial charge is 0.391 e. The number of aromatic nitrogens is 2. The number of hydrogen-bond donors (Lipinski definition) is 1. The Morgan fingerprint density at radius 2 is 1.87 bits per heavy atom. The maximum Gasteiger partial charge on any atom is 0.225 e. The predicted molar refractivity (Wildman–Crippen MR) is 88.0 cm³/mol. The van der Waals surface area contributed by atoms with E-state index in [1.54, 1.807) is 19.3 Å². The standard InChI is InChI=1S/C17H26N4O2/c1-13(22)21-12-17(11-14(23)16(21,2)3)5-9-20(10-6-17)15-18-7-4-8-19-15/h4,7-8,14,23H,5-6,9-12H2,1-3H3. The van der Waals surface area contributed by atoms with E-state index in [4.69, 9.17) is 0 Å². The Morgan fingerprint density at radius 3 is 2.43 bits per heavy atom. The fourth-order valence-electron chi connectivity index (χ4n) is 3.96. The van der Waals surface area contributed by atoms with E-state index in [1.807, 2.05) is 24.8 Å². The van der Waals surface area contributed by atoms with Crippen molar-refractivity contribution in [2.24, 2.45) is 5.41 Å². The van der Waals surface area contributed by atoms with Crippen molar-refractivity contribution < 1.29 is 9.90 Å². The van der Waals surface area contributed by atoms with Crippen molar-refractivity contribution in [1.82, 2.24) is 14.9 Å². The van der Waals surface area contributed by atoms with Crippen LogP contribution in [0.1, 0.15) is 40.0 Å². The summed E-state index contributed by atoms with van der Waals surface area (Å²) in [6.07, 6.45) is 5.69. The monoisotopic (exact) mass is 318 g/mol. The molecule has 1 aromatic rings. The third-order valence-corrected chi connectivity index (χ3v) is 5.67. The number of aliphatic hydroxyl groups excluding tert-OH is 1. The second-order valence-electron chi connectivity index (χ2n) is 7.51. The van der Waals surface area contributed by atoms with E-state index in [1.165, 1.54) is 0 Å². The summed E-state index contributed by atoms with van der Waals surface area (Å²) < 4.78 is 0. The number of rotatable bonds is 1. The van der Waals surface area contributed by atoms with Crippen molar-refractivity contribution in [1.29, 1.82) is 0 Å². The van der Waals surface area contributed by atoms with Crippen molar-refractivity contribution in [3.63, 3.8) is 0 Å². The normalized spacial score (nSPS) is 26.3. The number of nitrogens with zero attached hydrogens (tertiary/aromatic N) is 4. The highest BCUT2D eigenvalue weighted by molar-refractivity contribution is 5.74. The van der Waals surface area contributed by atoms with Gasteiger partial charge in [0.2, 0.25) is 11.9 Å². The molecule has 1 spiro atoms. The number of carbonyl (C=O) groups is 1. The quantitative estimate of drug-likeness (QED) is 0.849. The number of amides is 1. The number of piperidine rings is 2. The van der Waals surface area contributed by atoms with E-state index in [0.717, 1.165) is 44.8 Å². The molecule has 0 aromatic carbocycles. The molecule has 0 radical (unpaired) electrons. The van der Waals surface area contributed by atoms with Crippen molar-refractivity contribution >= 4 is 11.9 Å². The molecule has 2 saturated heterocycles. The first kappa shape index (κ1) is 16.2. The maximum atomic E-state index is 12.1. The van der Waals surface area contributed by atoms with Crippen LogP contribution in [0.3, 0.4) is 0 Å². The predicted octanol–water partition coefficient (Wildman–Crippen LogP) is 1.45. The van der Waals surface area contributed by atoms with E-state index in [9.17, 15) is 9.90 Å². The van der Waals surface area contributed by atoms with Crippen molar-refractivity contribution in [2.45, 2.75) is 51.7 Å². The van der Waals surface area contributed by atoms with Crippen LogP contribution >= 0.6 is 0 Å².